The Hall–Kier alpha value is -1.10. The van der Waals surface area contributed by atoms with Crippen molar-refractivity contribution in [3.63, 3.8) is 0 Å². The van der Waals surface area contributed by atoms with E-state index < -0.39 is 0 Å². The number of piperazine rings is 1. The molecule has 19 heavy (non-hydrogen) atoms. The molecular formula is C14H19ClN2O2. The number of halogens is 1. The van der Waals surface area contributed by atoms with Crippen molar-refractivity contribution >= 4 is 17.5 Å². The van der Waals surface area contributed by atoms with Gasteiger partial charge in [-0.15, -0.1) is 0 Å². The standard InChI is InChI=1S/C14H19ClN2O2/c1-16-4-6-17(7-5-16)14(19)9-12-8-13(15)3-2-11(12)10-18/h2-3,8,18H,4-7,9-10H2,1H3. The van der Waals surface area contributed by atoms with Crippen LogP contribution in [0.1, 0.15) is 11.1 Å². The Bertz CT molecular complexity index is 457. The van der Waals surface area contributed by atoms with E-state index in [2.05, 4.69) is 11.9 Å². The van der Waals surface area contributed by atoms with Gasteiger partial charge in [0.2, 0.25) is 5.91 Å². The number of amides is 1. The number of likely N-dealkylation sites (N-methyl/N-ethyl adjacent to an activating group) is 1. The number of carbonyl (C=O) groups excluding carboxylic acids is 1. The minimum Gasteiger partial charge on any atom is -0.392 e. The summed E-state index contributed by atoms with van der Waals surface area (Å²) in [6.45, 7) is 3.29. The Balaban J connectivity index is 2.04. The first-order valence-corrected chi connectivity index (χ1v) is 6.82. The van der Waals surface area contributed by atoms with E-state index in [1.54, 1.807) is 18.2 Å². The molecule has 1 aliphatic rings. The minimum absolute atomic E-state index is 0.0669. The second-order valence-corrected chi connectivity index (χ2v) is 5.37. The molecule has 0 radical (unpaired) electrons. The summed E-state index contributed by atoms with van der Waals surface area (Å²) >= 11 is 5.95. The lowest BCUT2D eigenvalue weighted by Gasteiger charge is -2.32. The molecule has 1 aromatic carbocycles. The number of aliphatic hydroxyl groups excluding tert-OH is 1. The maximum Gasteiger partial charge on any atom is 0.227 e. The average molecular weight is 283 g/mol. The molecule has 1 aromatic rings. The van der Waals surface area contributed by atoms with Crippen molar-refractivity contribution < 1.29 is 9.90 Å². The number of hydrogen-bond acceptors (Lipinski definition) is 3. The van der Waals surface area contributed by atoms with Crippen molar-refractivity contribution in [2.45, 2.75) is 13.0 Å². The van der Waals surface area contributed by atoms with Gasteiger partial charge in [-0.25, -0.2) is 0 Å². The van der Waals surface area contributed by atoms with Crippen LogP contribution in [0.2, 0.25) is 5.02 Å². The fraction of sp³-hybridized carbons (Fsp3) is 0.500. The zero-order valence-corrected chi connectivity index (χ0v) is 11.9. The molecule has 0 spiro atoms. The first kappa shape index (κ1) is 14.3. The van der Waals surface area contributed by atoms with E-state index in [1.807, 2.05) is 4.90 Å². The van der Waals surface area contributed by atoms with Gasteiger partial charge in [0.25, 0.3) is 0 Å². The topological polar surface area (TPSA) is 43.8 Å². The lowest BCUT2D eigenvalue weighted by atomic mass is 10.0. The molecular weight excluding hydrogens is 264 g/mol. The maximum absolute atomic E-state index is 12.2. The second kappa shape index (κ2) is 6.37. The number of carbonyl (C=O) groups is 1. The fourth-order valence-corrected chi connectivity index (χ4v) is 2.44. The minimum atomic E-state index is -0.0669. The van der Waals surface area contributed by atoms with Crippen LogP contribution in [0.15, 0.2) is 18.2 Å². The molecule has 1 heterocycles. The molecule has 0 unspecified atom stereocenters. The monoisotopic (exact) mass is 282 g/mol. The van der Waals surface area contributed by atoms with Crippen molar-refractivity contribution in [1.82, 2.24) is 9.80 Å². The van der Waals surface area contributed by atoms with Crippen LogP contribution in [0.3, 0.4) is 0 Å². The molecule has 1 fully saturated rings. The van der Waals surface area contributed by atoms with Gasteiger partial charge < -0.3 is 14.9 Å². The van der Waals surface area contributed by atoms with Crippen molar-refractivity contribution in [2.75, 3.05) is 33.2 Å². The third-order valence-corrected chi connectivity index (χ3v) is 3.77. The van der Waals surface area contributed by atoms with Crippen LogP contribution >= 0.6 is 11.6 Å². The molecule has 0 saturated carbocycles. The van der Waals surface area contributed by atoms with E-state index in [0.29, 0.717) is 11.4 Å². The van der Waals surface area contributed by atoms with Gasteiger partial charge in [0.15, 0.2) is 0 Å². The molecule has 0 bridgehead atoms. The molecule has 4 nitrogen and oxygen atoms in total. The quantitative estimate of drug-likeness (QED) is 0.904. The smallest absolute Gasteiger partial charge is 0.227 e. The van der Waals surface area contributed by atoms with Gasteiger partial charge in [-0.2, -0.15) is 0 Å². The Kier molecular flexibility index (Phi) is 4.80. The Morgan fingerprint density at radius 2 is 1.95 bits per heavy atom. The third-order valence-electron chi connectivity index (χ3n) is 3.54. The summed E-state index contributed by atoms with van der Waals surface area (Å²) in [4.78, 5) is 16.3. The second-order valence-electron chi connectivity index (χ2n) is 4.93. The normalized spacial score (nSPS) is 16.7. The summed E-state index contributed by atoms with van der Waals surface area (Å²) in [6.07, 6.45) is 0.306. The molecule has 0 aliphatic carbocycles. The van der Waals surface area contributed by atoms with Crippen LogP contribution in [-0.2, 0) is 17.8 Å². The Morgan fingerprint density at radius 1 is 1.26 bits per heavy atom. The molecule has 1 N–H and O–H groups in total. The maximum atomic E-state index is 12.2. The van der Waals surface area contributed by atoms with Crippen LogP contribution in [0.4, 0.5) is 0 Å². The highest BCUT2D eigenvalue weighted by Gasteiger charge is 2.20. The summed E-state index contributed by atoms with van der Waals surface area (Å²) in [5.74, 6) is 0.102. The van der Waals surface area contributed by atoms with E-state index in [4.69, 9.17) is 11.6 Å². The Labute approximate surface area is 118 Å². The highest BCUT2D eigenvalue weighted by molar-refractivity contribution is 6.30. The molecule has 0 atom stereocenters. The van der Waals surface area contributed by atoms with Gasteiger partial charge in [-0.3, -0.25) is 4.79 Å². The Morgan fingerprint density at radius 3 is 2.58 bits per heavy atom. The van der Waals surface area contributed by atoms with Crippen LogP contribution in [0, 0.1) is 0 Å². The summed E-state index contributed by atoms with van der Waals surface area (Å²) in [7, 11) is 2.06. The zero-order chi connectivity index (χ0) is 13.8. The van der Waals surface area contributed by atoms with Crippen molar-refractivity contribution in [3.05, 3.63) is 34.3 Å². The van der Waals surface area contributed by atoms with Gasteiger partial charge in [0.05, 0.1) is 13.0 Å². The molecule has 104 valence electrons. The summed E-state index contributed by atoms with van der Waals surface area (Å²) in [6, 6.07) is 5.27. The lowest BCUT2D eigenvalue weighted by molar-refractivity contribution is -0.132. The van der Waals surface area contributed by atoms with Gasteiger partial charge in [-0.1, -0.05) is 17.7 Å². The average Bonchev–Trinajstić information content (AvgIpc) is 2.39. The highest BCUT2D eigenvalue weighted by Crippen LogP contribution is 2.18. The molecule has 5 heteroatoms. The van der Waals surface area contributed by atoms with Gasteiger partial charge in [0, 0.05) is 31.2 Å². The summed E-state index contributed by atoms with van der Waals surface area (Å²) in [5.41, 5.74) is 1.59. The van der Waals surface area contributed by atoms with E-state index >= 15 is 0 Å². The lowest BCUT2D eigenvalue weighted by Crippen LogP contribution is -2.47. The molecule has 0 aromatic heterocycles. The molecule has 1 amide bonds. The predicted molar refractivity (Wildman–Crippen MR) is 75.2 cm³/mol. The van der Waals surface area contributed by atoms with Crippen LogP contribution in [0.25, 0.3) is 0 Å². The van der Waals surface area contributed by atoms with Gasteiger partial charge >= 0.3 is 0 Å². The van der Waals surface area contributed by atoms with Crippen LogP contribution < -0.4 is 0 Å². The summed E-state index contributed by atoms with van der Waals surface area (Å²) in [5, 5.41) is 9.89. The van der Waals surface area contributed by atoms with E-state index in [1.165, 1.54) is 0 Å². The summed E-state index contributed by atoms with van der Waals surface area (Å²) < 4.78 is 0. The van der Waals surface area contributed by atoms with E-state index in [-0.39, 0.29) is 12.5 Å². The number of rotatable bonds is 3. The first-order valence-electron chi connectivity index (χ1n) is 6.44. The van der Waals surface area contributed by atoms with Gasteiger partial charge in [-0.05, 0) is 30.3 Å². The van der Waals surface area contributed by atoms with E-state index in [0.717, 1.165) is 37.3 Å². The molecule has 2 rings (SSSR count). The number of aliphatic hydroxyl groups is 1. The number of benzene rings is 1. The molecule has 1 saturated heterocycles. The molecule has 1 aliphatic heterocycles. The van der Waals surface area contributed by atoms with Gasteiger partial charge in [0.1, 0.15) is 0 Å². The van der Waals surface area contributed by atoms with Crippen molar-refractivity contribution in [1.29, 1.82) is 0 Å². The largest absolute Gasteiger partial charge is 0.392 e. The van der Waals surface area contributed by atoms with E-state index in [9.17, 15) is 9.90 Å². The van der Waals surface area contributed by atoms with Crippen LogP contribution in [0.5, 0.6) is 0 Å². The third kappa shape index (κ3) is 3.69. The zero-order valence-electron chi connectivity index (χ0n) is 11.1. The van der Waals surface area contributed by atoms with Crippen LogP contribution in [-0.4, -0.2) is 54.0 Å². The number of nitrogens with zero attached hydrogens (tertiary/aromatic N) is 2. The van der Waals surface area contributed by atoms with Crippen molar-refractivity contribution in [2.24, 2.45) is 0 Å². The first-order chi connectivity index (χ1) is 9.10. The SMILES string of the molecule is CN1CCN(C(=O)Cc2cc(Cl)ccc2CO)CC1. The predicted octanol–water partition coefficient (Wildman–Crippen LogP) is 1.15. The van der Waals surface area contributed by atoms with Crippen molar-refractivity contribution in [3.8, 4) is 0 Å². The fourth-order valence-electron chi connectivity index (χ4n) is 2.24. The highest BCUT2D eigenvalue weighted by atomic mass is 35.5. The number of hydrogen-bond donors (Lipinski definition) is 1.